The van der Waals surface area contributed by atoms with Crippen LogP contribution in [0.1, 0.15) is 55.7 Å². The van der Waals surface area contributed by atoms with Gasteiger partial charge in [-0.1, -0.05) is 32.4 Å². The van der Waals surface area contributed by atoms with Crippen LogP contribution in [0.3, 0.4) is 0 Å². The molecule has 4 rings (SSSR count). The summed E-state index contributed by atoms with van der Waals surface area (Å²) in [5.41, 5.74) is 4.72. The summed E-state index contributed by atoms with van der Waals surface area (Å²) in [6.45, 7) is 10.2. The summed E-state index contributed by atoms with van der Waals surface area (Å²) in [5.74, 6) is 0.629. The van der Waals surface area contributed by atoms with Crippen LogP contribution in [0.2, 0.25) is 0 Å². The number of aromatic nitrogens is 3. The average Bonchev–Trinajstić information content (AvgIpc) is 3.31. The maximum atomic E-state index is 13.0. The van der Waals surface area contributed by atoms with Gasteiger partial charge < -0.3 is 10.3 Å². The summed E-state index contributed by atoms with van der Waals surface area (Å²) in [5, 5.41) is 8.75. The van der Waals surface area contributed by atoms with Gasteiger partial charge in [0.05, 0.1) is 29.7 Å². The highest BCUT2D eigenvalue weighted by Crippen LogP contribution is 2.31. The Bertz CT molecular complexity index is 1260. The van der Waals surface area contributed by atoms with Gasteiger partial charge in [-0.25, -0.2) is 13.1 Å². The van der Waals surface area contributed by atoms with Crippen molar-refractivity contribution in [3.8, 4) is 0 Å². The van der Waals surface area contributed by atoms with Crippen molar-refractivity contribution in [3.63, 3.8) is 0 Å². The standard InChI is InChI=1S/C23H30N4O3S/c1-14-6-7-19-18(10-14)17(15(2)24-19)11-22(28)25-21-12-20(23(3,4)5)26-27(21)16-8-9-31(29,30)13-16/h6-7,10,12,16,24H,8-9,11,13H2,1-5H3,(H,25,28)/t16-/m0/s1. The minimum Gasteiger partial charge on any atom is -0.358 e. The zero-order chi connectivity index (χ0) is 22.6. The van der Waals surface area contributed by atoms with Crippen LogP contribution in [-0.4, -0.2) is 40.6 Å². The predicted molar refractivity (Wildman–Crippen MR) is 123 cm³/mol. The number of hydrogen-bond acceptors (Lipinski definition) is 4. The molecule has 166 valence electrons. The normalized spacial score (nSPS) is 18.5. The molecule has 2 N–H and O–H groups in total. The Hall–Kier alpha value is -2.61. The molecule has 1 saturated heterocycles. The number of H-pyrrole nitrogens is 1. The lowest BCUT2D eigenvalue weighted by molar-refractivity contribution is -0.115. The molecule has 3 aromatic rings. The first-order chi connectivity index (χ1) is 14.4. The van der Waals surface area contributed by atoms with Gasteiger partial charge in [0.1, 0.15) is 5.82 Å². The smallest absolute Gasteiger partial charge is 0.230 e. The van der Waals surface area contributed by atoms with Crippen molar-refractivity contribution in [3.05, 3.63) is 46.8 Å². The van der Waals surface area contributed by atoms with Gasteiger partial charge in [0.25, 0.3) is 0 Å². The van der Waals surface area contributed by atoms with Gasteiger partial charge in [-0.15, -0.1) is 0 Å². The van der Waals surface area contributed by atoms with E-state index in [0.717, 1.165) is 33.4 Å². The van der Waals surface area contributed by atoms with E-state index in [-0.39, 0.29) is 35.3 Å². The fourth-order valence-corrected chi connectivity index (χ4v) is 5.86. The van der Waals surface area contributed by atoms with E-state index in [1.54, 1.807) is 4.68 Å². The highest BCUT2D eigenvalue weighted by molar-refractivity contribution is 7.91. The van der Waals surface area contributed by atoms with Crippen molar-refractivity contribution in [1.29, 1.82) is 0 Å². The number of nitrogens with zero attached hydrogens (tertiary/aromatic N) is 2. The zero-order valence-corrected chi connectivity index (χ0v) is 19.6. The van der Waals surface area contributed by atoms with Gasteiger partial charge in [-0.3, -0.25) is 4.79 Å². The molecule has 1 atom stereocenters. The number of aryl methyl sites for hydroxylation is 2. The van der Waals surface area contributed by atoms with Gasteiger partial charge in [0, 0.05) is 28.1 Å². The third-order valence-corrected chi connectivity index (χ3v) is 7.69. The Kier molecular flexibility index (Phi) is 5.24. The topological polar surface area (TPSA) is 96.8 Å². The number of aromatic amines is 1. The van der Waals surface area contributed by atoms with Crippen molar-refractivity contribution in [2.24, 2.45) is 0 Å². The van der Waals surface area contributed by atoms with E-state index in [9.17, 15) is 13.2 Å². The first kappa shape index (κ1) is 21.6. The second kappa shape index (κ2) is 7.51. The van der Waals surface area contributed by atoms with E-state index < -0.39 is 9.84 Å². The van der Waals surface area contributed by atoms with Crippen LogP contribution in [0, 0.1) is 13.8 Å². The maximum absolute atomic E-state index is 13.0. The first-order valence-electron chi connectivity index (χ1n) is 10.6. The molecule has 0 spiro atoms. The van der Waals surface area contributed by atoms with E-state index in [2.05, 4.69) is 21.5 Å². The molecule has 2 aromatic heterocycles. The number of carbonyl (C=O) groups is 1. The predicted octanol–water partition coefficient (Wildman–Crippen LogP) is 3.82. The number of amides is 1. The van der Waals surface area contributed by atoms with Crippen molar-refractivity contribution >= 4 is 32.5 Å². The molecule has 3 heterocycles. The van der Waals surface area contributed by atoms with Crippen LogP contribution >= 0.6 is 0 Å². The van der Waals surface area contributed by atoms with Gasteiger partial charge in [-0.2, -0.15) is 5.10 Å². The van der Waals surface area contributed by atoms with Gasteiger partial charge in [-0.05, 0) is 38.0 Å². The van der Waals surface area contributed by atoms with Crippen LogP contribution in [-0.2, 0) is 26.5 Å². The minimum atomic E-state index is -3.07. The first-order valence-corrected chi connectivity index (χ1v) is 12.4. The molecule has 0 bridgehead atoms. The van der Waals surface area contributed by atoms with Crippen LogP contribution in [0.5, 0.6) is 0 Å². The van der Waals surface area contributed by atoms with E-state index in [4.69, 9.17) is 0 Å². The molecule has 1 fully saturated rings. The Morgan fingerprint density at radius 2 is 2.00 bits per heavy atom. The largest absolute Gasteiger partial charge is 0.358 e. The van der Waals surface area contributed by atoms with Crippen molar-refractivity contribution < 1.29 is 13.2 Å². The second-order valence-corrected chi connectivity index (χ2v) is 11.9. The molecule has 0 aliphatic carbocycles. The monoisotopic (exact) mass is 442 g/mol. The number of anilines is 1. The third-order valence-electron chi connectivity index (χ3n) is 5.94. The Balaban J connectivity index is 1.63. The Labute approximate surface area is 183 Å². The zero-order valence-electron chi connectivity index (χ0n) is 18.7. The van der Waals surface area contributed by atoms with Gasteiger partial charge in [0.2, 0.25) is 5.91 Å². The van der Waals surface area contributed by atoms with E-state index >= 15 is 0 Å². The van der Waals surface area contributed by atoms with Crippen LogP contribution in [0.15, 0.2) is 24.3 Å². The molecule has 0 saturated carbocycles. The SMILES string of the molecule is Cc1ccc2[nH]c(C)c(CC(=O)Nc3cc(C(C)(C)C)nn3[C@H]3CCS(=O)(=O)C3)c2c1. The minimum absolute atomic E-state index is 0.0575. The fourth-order valence-electron chi connectivity index (χ4n) is 4.17. The molecular formula is C23H30N4O3S. The maximum Gasteiger partial charge on any atom is 0.230 e. The number of rotatable bonds is 4. The van der Waals surface area contributed by atoms with Gasteiger partial charge in [0.15, 0.2) is 9.84 Å². The molecule has 1 aliphatic heterocycles. The molecular weight excluding hydrogens is 412 g/mol. The average molecular weight is 443 g/mol. The molecule has 8 heteroatoms. The molecule has 0 radical (unpaired) electrons. The summed E-state index contributed by atoms with van der Waals surface area (Å²) in [7, 11) is -3.07. The Morgan fingerprint density at radius 1 is 1.26 bits per heavy atom. The summed E-state index contributed by atoms with van der Waals surface area (Å²) in [4.78, 5) is 16.4. The number of hydrogen-bond donors (Lipinski definition) is 2. The van der Waals surface area contributed by atoms with Crippen LogP contribution < -0.4 is 5.32 Å². The molecule has 31 heavy (non-hydrogen) atoms. The molecule has 1 aromatic carbocycles. The Morgan fingerprint density at radius 3 is 2.65 bits per heavy atom. The second-order valence-electron chi connectivity index (χ2n) is 9.67. The van der Waals surface area contributed by atoms with Crippen molar-refractivity contribution in [2.75, 3.05) is 16.8 Å². The summed E-state index contributed by atoms with van der Waals surface area (Å²) in [6, 6.07) is 7.78. The molecule has 1 aliphatic rings. The fraction of sp³-hybridized carbons (Fsp3) is 0.478. The lowest BCUT2D eigenvalue weighted by Crippen LogP contribution is -2.21. The number of carbonyl (C=O) groups excluding carboxylic acids is 1. The summed E-state index contributed by atoms with van der Waals surface area (Å²) >= 11 is 0. The van der Waals surface area contributed by atoms with Crippen molar-refractivity contribution in [1.82, 2.24) is 14.8 Å². The van der Waals surface area contributed by atoms with E-state index in [1.165, 1.54) is 0 Å². The molecule has 0 unspecified atom stereocenters. The quantitative estimate of drug-likeness (QED) is 0.642. The van der Waals surface area contributed by atoms with E-state index in [0.29, 0.717) is 12.2 Å². The van der Waals surface area contributed by atoms with Crippen molar-refractivity contribution in [2.45, 2.75) is 58.9 Å². The molecule has 7 nitrogen and oxygen atoms in total. The van der Waals surface area contributed by atoms with Crippen LogP contribution in [0.4, 0.5) is 5.82 Å². The highest BCUT2D eigenvalue weighted by Gasteiger charge is 2.33. The highest BCUT2D eigenvalue weighted by atomic mass is 32.2. The third kappa shape index (κ3) is 4.39. The molecule has 1 amide bonds. The number of fused-ring (bicyclic) bond motifs is 1. The summed E-state index contributed by atoms with van der Waals surface area (Å²) < 4.78 is 25.7. The lowest BCUT2D eigenvalue weighted by Gasteiger charge is -2.15. The number of nitrogens with one attached hydrogen (secondary N) is 2. The number of sulfone groups is 1. The lowest BCUT2D eigenvalue weighted by atomic mass is 9.92. The number of benzene rings is 1. The summed E-state index contributed by atoms with van der Waals surface area (Å²) in [6.07, 6.45) is 0.742. The van der Waals surface area contributed by atoms with Gasteiger partial charge >= 0.3 is 0 Å². The van der Waals surface area contributed by atoms with E-state index in [1.807, 2.05) is 52.8 Å². The van der Waals surface area contributed by atoms with Crippen LogP contribution in [0.25, 0.3) is 10.9 Å².